The minimum Gasteiger partial charge on any atom is -0.339 e. The minimum atomic E-state index is -0.186. The van der Waals surface area contributed by atoms with Crippen molar-refractivity contribution in [3.63, 3.8) is 0 Å². The summed E-state index contributed by atoms with van der Waals surface area (Å²) in [6.45, 7) is 5.10. The van der Waals surface area contributed by atoms with Gasteiger partial charge in [0.25, 0.3) is 11.8 Å². The summed E-state index contributed by atoms with van der Waals surface area (Å²) < 4.78 is 0. The fourth-order valence-electron chi connectivity index (χ4n) is 3.14. The van der Waals surface area contributed by atoms with Crippen molar-refractivity contribution in [2.75, 3.05) is 39.3 Å². The SMILES string of the molecule is CC(=O)N1CCN(C(=O)c2cccc(C(=O)N3CCCC3)n2)CC1. The lowest BCUT2D eigenvalue weighted by Crippen LogP contribution is -2.50. The van der Waals surface area contributed by atoms with E-state index in [1.165, 1.54) is 6.92 Å². The van der Waals surface area contributed by atoms with E-state index in [0.717, 1.165) is 25.9 Å². The number of amides is 3. The van der Waals surface area contributed by atoms with Crippen LogP contribution in [0.5, 0.6) is 0 Å². The molecule has 3 heterocycles. The molecular formula is C17H22N4O3. The molecule has 0 saturated carbocycles. The highest BCUT2D eigenvalue weighted by Gasteiger charge is 2.25. The molecule has 0 spiro atoms. The molecule has 0 bridgehead atoms. The third kappa shape index (κ3) is 3.39. The second-order valence-corrected chi connectivity index (χ2v) is 6.21. The van der Waals surface area contributed by atoms with Gasteiger partial charge in [-0.15, -0.1) is 0 Å². The van der Waals surface area contributed by atoms with E-state index in [0.29, 0.717) is 31.9 Å². The number of rotatable bonds is 2. The lowest BCUT2D eigenvalue weighted by atomic mass is 10.2. The molecule has 2 aliphatic rings. The monoisotopic (exact) mass is 330 g/mol. The van der Waals surface area contributed by atoms with E-state index in [1.807, 2.05) is 0 Å². The summed E-state index contributed by atoms with van der Waals surface area (Å²) in [5.74, 6) is -0.267. The van der Waals surface area contributed by atoms with E-state index >= 15 is 0 Å². The van der Waals surface area contributed by atoms with Crippen molar-refractivity contribution >= 4 is 17.7 Å². The lowest BCUT2D eigenvalue weighted by molar-refractivity contribution is -0.130. The van der Waals surface area contributed by atoms with Crippen LogP contribution in [0.25, 0.3) is 0 Å². The van der Waals surface area contributed by atoms with Crippen LogP contribution in [0.15, 0.2) is 18.2 Å². The van der Waals surface area contributed by atoms with Crippen LogP contribution in [0.4, 0.5) is 0 Å². The third-order valence-electron chi connectivity index (χ3n) is 4.59. The highest BCUT2D eigenvalue weighted by molar-refractivity contribution is 5.96. The van der Waals surface area contributed by atoms with E-state index in [1.54, 1.807) is 32.9 Å². The zero-order valence-corrected chi connectivity index (χ0v) is 13.9. The van der Waals surface area contributed by atoms with Crippen molar-refractivity contribution < 1.29 is 14.4 Å². The second kappa shape index (κ2) is 6.98. The zero-order valence-electron chi connectivity index (χ0n) is 13.9. The standard InChI is InChI=1S/C17H22N4O3/c1-13(22)19-9-11-21(12-10-19)17(24)15-6-4-5-14(18-15)16(23)20-7-2-3-8-20/h4-6H,2-3,7-12H2,1H3. The van der Waals surface area contributed by atoms with Gasteiger partial charge in [-0.25, -0.2) is 4.98 Å². The largest absolute Gasteiger partial charge is 0.339 e. The number of aromatic nitrogens is 1. The van der Waals surface area contributed by atoms with Gasteiger partial charge >= 0.3 is 0 Å². The molecular weight excluding hydrogens is 308 g/mol. The smallest absolute Gasteiger partial charge is 0.272 e. The van der Waals surface area contributed by atoms with Crippen LogP contribution in [0.3, 0.4) is 0 Å². The molecule has 128 valence electrons. The first-order valence-electron chi connectivity index (χ1n) is 8.37. The number of piperazine rings is 1. The Morgan fingerprint density at radius 2 is 1.25 bits per heavy atom. The van der Waals surface area contributed by atoms with Crippen molar-refractivity contribution in [3.05, 3.63) is 29.6 Å². The Balaban J connectivity index is 1.68. The molecule has 0 N–H and O–H groups in total. The summed E-state index contributed by atoms with van der Waals surface area (Å²) in [5, 5.41) is 0. The number of nitrogens with zero attached hydrogens (tertiary/aromatic N) is 4. The molecule has 24 heavy (non-hydrogen) atoms. The Hall–Kier alpha value is -2.44. The quantitative estimate of drug-likeness (QED) is 0.797. The van der Waals surface area contributed by atoms with Gasteiger partial charge in [-0.1, -0.05) is 6.07 Å². The molecule has 2 aliphatic heterocycles. The number of pyridine rings is 1. The van der Waals surface area contributed by atoms with Crippen molar-refractivity contribution in [3.8, 4) is 0 Å². The molecule has 2 saturated heterocycles. The molecule has 1 aromatic rings. The van der Waals surface area contributed by atoms with Gasteiger partial charge in [-0.3, -0.25) is 14.4 Å². The van der Waals surface area contributed by atoms with Crippen LogP contribution in [-0.4, -0.2) is 76.7 Å². The minimum absolute atomic E-state index is 0.0263. The predicted octanol–water partition coefficient (Wildman–Crippen LogP) is 0.622. The maximum atomic E-state index is 12.6. The maximum Gasteiger partial charge on any atom is 0.272 e. The number of carbonyl (C=O) groups excluding carboxylic acids is 3. The summed E-state index contributed by atoms with van der Waals surface area (Å²) >= 11 is 0. The molecule has 3 rings (SSSR count). The maximum absolute atomic E-state index is 12.6. The van der Waals surface area contributed by atoms with Crippen LogP contribution in [0, 0.1) is 0 Å². The first-order valence-corrected chi connectivity index (χ1v) is 8.37. The van der Waals surface area contributed by atoms with Crippen molar-refractivity contribution in [1.82, 2.24) is 19.7 Å². The van der Waals surface area contributed by atoms with Crippen LogP contribution < -0.4 is 0 Å². The van der Waals surface area contributed by atoms with Gasteiger partial charge in [0.1, 0.15) is 11.4 Å². The first kappa shape index (κ1) is 16.4. The summed E-state index contributed by atoms with van der Waals surface area (Å²) in [5.41, 5.74) is 0.612. The van der Waals surface area contributed by atoms with Gasteiger partial charge in [0.05, 0.1) is 0 Å². The van der Waals surface area contributed by atoms with Gasteiger partial charge in [-0.2, -0.15) is 0 Å². The molecule has 7 nitrogen and oxygen atoms in total. The zero-order chi connectivity index (χ0) is 17.1. The Morgan fingerprint density at radius 3 is 1.75 bits per heavy atom. The van der Waals surface area contributed by atoms with E-state index in [9.17, 15) is 14.4 Å². The molecule has 0 unspecified atom stereocenters. The van der Waals surface area contributed by atoms with Gasteiger partial charge in [-0.05, 0) is 25.0 Å². The summed E-state index contributed by atoms with van der Waals surface area (Å²) in [4.78, 5) is 45.9. The van der Waals surface area contributed by atoms with Crippen molar-refractivity contribution in [2.45, 2.75) is 19.8 Å². The Labute approximate surface area is 141 Å². The first-order chi connectivity index (χ1) is 11.6. The van der Waals surface area contributed by atoms with Gasteiger partial charge in [0.2, 0.25) is 5.91 Å². The van der Waals surface area contributed by atoms with Gasteiger partial charge < -0.3 is 14.7 Å². The Morgan fingerprint density at radius 1 is 0.792 bits per heavy atom. The van der Waals surface area contributed by atoms with Crippen molar-refractivity contribution in [1.29, 1.82) is 0 Å². The third-order valence-corrected chi connectivity index (χ3v) is 4.59. The number of hydrogen-bond donors (Lipinski definition) is 0. The highest BCUT2D eigenvalue weighted by Crippen LogP contribution is 2.13. The van der Waals surface area contributed by atoms with Gasteiger partial charge in [0.15, 0.2) is 0 Å². The molecule has 0 aromatic carbocycles. The molecule has 2 fully saturated rings. The number of carbonyl (C=O) groups is 3. The Kier molecular flexibility index (Phi) is 4.78. The predicted molar refractivity (Wildman–Crippen MR) is 87.5 cm³/mol. The number of likely N-dealkylation sites (tertiary alicyclic amines) is 1. The summed E-state index contributed by atoms with van der Waals surface area (Å²) in [7, 11) is 0. The molecule has 0 atom stereocenters. The second-order valence-electron chi connectivity index (χ2n) is 6.21. The number of hydrogen-bond acceptors (Lipinski definition) is 4. The van der Waals surface area contributed by atoms with Crippen LogP contribution in [0.2, 0.25) is 0 Å². The lowest BCUT2D eigenvalue weighted by Gasteiger charge is -2.34. The molecule has 0 radical (unpaired) electrons. The summed E-state index contributed by atoms with van der Waals surface area (Å²) in [6, 6.07) is 5.00. The van der Waals surface area contributed by atoms with Crippen LogP contribution in [0.1, 0.15) is 40.7 Å². The normalized spacial score (nSPS) is 18.0. The topological polar surface area (TPSA) is 73.8 Å². The van der Waals surface area contributed by atoms with Crippen LogP contribution >= 0.6 is 0 Å². The van der Waals surface area contributed by atoms with Crippen LogP contribution in [-0.2, 0) is 4.79 Å². The van der Waals surface area contributed by atoms with E-state index in [-0.39, 0.29) is 23.4 Å². The molecule has 7 heteroatoms. The Bertz CT molecular complexity index is 647. The van der Waals surface area contributed by atoms with Gasteiger partial charge in [0, 0.05) is 46.2 Å². The fraction of sp³-hybridized carbons (Fsp3) is 0.529. The molecule has 1 aromatic heterocycles. The molecule has 3 amide bonds. The van der Waals surface area contributed by atoms with E-state index < -0.39 is 0 Å². The average Bonchev–Trinajstić information content (AvgIpc) is 3.15. The van der Waals surface area contributed by atoms with E-state index in [4.69, 9.17) is 0 Å². The average molecular weight is 330 g/mol. The molecule has 0 aliphatic carbocycles. The van der Waals surface area contributed by atoms with Crippen molar-refractivity contribution in [2.24, 2.45) is 0 Å². The summed E-state index contributed by atoms with van der Waals surface area (Å²) in [6.07, 6.45) is 2.04. The fourth-order valence-corrected chi connectivity index (χ4v) is 3.14. The highest BCUT2D eigenvalue weighted by atomic mass is 16.2. The van der Waals surface area contributed by atoms with E-state index in [2.05, 4.69) is 4.98 Å².